The van der Waals surface area contributed by atoms with Crippen molar-refractivity contribution >= 4 is 21.6 Å². The minimum absolute atomic E-state index is 0.411. The average molecular weight is 192 g/mol. The van der Waals surface area contributed by atoms with Crippen LogP contribution in [0.25, 0.3) is 0 Å². The molecule has 11 heavy (non-hydrogen) atoms. The molecule has 2 nitrogen and oxygen atoms in total. The van der Waals surface area contributed by atoms with Crippen molar-refractivity contribution in [2.24, 2.45) is 11.5 Å². The molecule has 1 saturated heterocycles. The fourth-order valence-corrected chi connectivity index (χ4v) is 2.47. The lowest BCUT2D eigenvalue weighted by Crippen LogP contribution is -2.21. The van der Waals surface area contributed by atoms with Crippen LogP contribution in [0.2, 0.25) is 0 Å². The number of hydrogen-bond donors (Lipinski definition) is 2. The first kappa shape index (κ1) is 9.71. The van der Waals surface area contributed by atoms with Crippen LogP contribution in [-0.2, 0) is 0 Å². The van der Waals surface area contributed by atoms with Crippen LogP contribution < -0.4 is 11.5 Å². The van der Waals surface area contributed by atoms with Gasteiger partial charge in [-0.15, -0.1) is 0 Å². The molecule has 1 unspecified atom stereocenters. The van der Waals surface area contributed by atoms with Gasteiger partial charge in [0, 0.05) is 6.04 Å². The molecule has 0 aromatic carbocycles. The van der Waals surface area contributed by atoms with Crippen molar-refractivity contribution < 1.29 is 0 Å². The summed E-state index contributed by atoms with van der Waals surface area (Å²) in [6.45, 7) is 0.805. The molecular formula is C7H16N2S2. The number of unbranched alkanes of at least 4 members (excludes halogenated alkanes) is 1. The molecule has 1 aliphatic rings. The predicted octanol–water partition coefficient (Wildman–Crippen LogP) is 1.55. The van der Waals surface area contributed by atoms with Crippen molar-refractivity contribution in [1.82, 2.24) is 0 Å². The van der Waals surface area contributed by atoms with Crippen LogP contribution in [0.4, 0.5) is 0 Å². The highest BCUT2D eigenvalue weighted by atomic mass is 33.2. The second kappa shape index (κ2) is 5.30. The van der Waals surface area contributed by atoms with Gasteiger partial charge < -0.3 is 11.5 Å². The highest BCUT2D eigenvalue weighted by Gasteiger charge is 2.26. The Bertz CT molecular complexity index is 107. The maximum atomic E-state index is 5.89. The molecular weight excluding hydrogens is 176 g/mol. The Hall–Kier alpha value is 0.620. The normalized spacial score (nSPS) is 20.2. The van der Waals surface area contributed by atoms with Gasteiger partial charge in [-0.3, -0.25) is 0 Å². The van der Waals surface area contributed by atoms with Gasteiger partial charge in [0.15, 0.2) is 0 Å². The van der Waals surface area contributed by atoms with Gasteiger partial charge in [0.1, 0.15) is 0 Å². The van der Waals surface area contributed by atoms with E-state index in [-0.39, 0.29) is 0 Å². The van der Waals surface area contributed by atoms with Crippen LogP contribution in [0.15, 0.2) is 0 Å². The van der Waals surface area contributed by atoms with Crippen LogP contribution in [0.5, 0.6) is 0 Å². The highest BCUT2D eigenvalue weighted by molar-refractivity contribution is 8.92. The highest BCUT2D eigenvalue weighted by Crippen LogP contribution is 2.55. The van der Waals surface area contributed by atoms with E-state index in [0.717, 1.165) is 24.0 Å². The fraction of sp³-hybridized carbons (Fsp3) is 1.00. The average Bonchev–Trinajstić information content (AvgIpc) is 2.72. The van der Waals surface area contributed by atoms with Crippen molar-refractivity contribution in [3.05, 3.63) is 0 Å². The van der Waals surface area contributed by atoms with Gasteiger partial charge in [0.05, 0.1) is 4.58 Å². The van der Waals surface area contributed by atoms with Gasteiger partial charge >= 0.3 is 0 Å². The first-order valence-corrected chi connectivity index (χ1v) is 6.38. The number of rotatable bonds is 6. The molecule has 0 radical (unpaired) electrons. The molecule has 0 aromatic rings. The van der Waals surface area contributed by atoms with Gasteiger partial charge in [0.25, 0.3) is 0 Å². The first-order chi connectivity index (χ1) is 5.33. The molecule has 1 heterocycles. The molecule has 1 aliphatic heterocycles. The number of hydrogen-bond acceptors (Lipinski definition) is 4. The Morgan fingerprint density at radius 3 is 2.55 bits per heavy atom. The van der Waals surface area contributed by atoms with Gasteiger partial charge in [-0.1, -0.05) is 28.0 Å². The first-order valence-electron chi connectivity index (χ1n) is 4.10. The summed E-state index contributed by atoms with van der Waals surface area (Å²) < 4.78 is 0.808. The Morgan fingerprint density at radius 2 is 2.00 bits per heavy atom. The molecule has 0 spiro atoms. The largest absolute Gasteiger partial charge is 0.330 e. The Labute approximate surface area is 76.2 Å². The summed E-state index contributed by atoms with van der Waals surface area (Å²) in [4.78, 5) is 0. The zero-order chi connectivity index (χ0) is 8.10. The summed E-state index contributed by atoms with van der Waals surface area (Å²) in [5.74, 6) is 0. The topological polar surface area (TPSA) is 52.0 Å². The molecule has 1 atom stereocenters. The standard InChI is InChI=1S/C7H16N2S2/c8-4-2-1-3-6(9)5-7-10-11-7/h6-7H,1-5,8-9H2. The summed E-state index contributed by atoms with van der Waals surface area (Å²) in [7, 11) is 3.90. The van der Waals surface area contributed by atoms with Gasteiger partial charge in [-0.2, -0.15) is 0 Å². The van der Waals surface area contributed by atoms with E-state index in [9.17, 15) is 0 Å². The van der Waals surface area contributed by atoms with Crippen LogP contribution >= 0.6 is 21.6 Å². The molecule has 66 valence electrons. The van der Waals surface area contributed by atoms with Crippen molar-refractivity contribution in [3.63, 3.8) is 0 Å². The maximum Gasteiger partial charge on any atom is 0.0725 e. The van der Waals surface area contributed by atoms with Crippen LogP contribution in [0.3, 0.4) is 0 Å². The van der Waals surface area contributed by atoms with Crippen molar-refractivity contribution in [1.29, 1.82) is 0 Å². The smallest absolute Gasteiger partial charge is 0.0725 e. The Morgan fingerprint density at radius 1 is 1.27 bits per heavy atom. The third-order valence-corrected chi connectivity index (χ3v) is 4.00. The number of nitrogens with two attached hydrogens (primary N) is 2. The Kier molecular flexibility index (Phi) is 4.67. The summed E-state index contributed by atoms with van der Waals surface area (Å²) in [5, 5.41) is 0. The molecule has 0 aliphatic carbocycles. The predicted molar refractivity (Wildman–Crippen MR) is 54.5 cm³/mol. The third kappa shape index (κ3) is 4.95. The molecule has 0 saturated carbocycles. The van der Waals surface area contributed by atoms with E-state index in [2.05, 4.69) is 0 Å². The van der Waals surface area contributed by atoms with Crippen molar-refractivity contribution in [2.45, 2.75) is 36.3 Å². The van der Waals surface area contributed by atoms with Gasteiger partial charge in [0.2, 0.25) is 0 Å². The lowest BCUT2D eigenvalue weighted by Gasteiger charge is -2.08. The molecule has 4 N–H and O–H groups in total. The minimum atomic E-state index is 0.411. The van der Waals surface area contributed by atoms with E-state index >= 15 is 0 Å². The lowest BCUT2D eigenvalue weighted by molar-refractivity contribution is 0.554. The maximum absolute atomic E-state index is 5.89. The van der Waals surface area contributed by atoms with E-state index in [1.54, 1.807) is 0 Å². The van der Waals surface area contributed by atoms with Gasteiger partial charge in [-0.05, 0) is 25.8 Å². The zero-order valence-electron chi connectivity index (χ0n) is 6.66. The fourth-order valence-electron chi connectivity index (χ4n) is 1.03. The second-order valence-corrected chi connectivity index (χ2v) is 5.88. The van der Waals surface area contributed by atoms with Crippen molar-refractivity contribution in [2.75, 3.05) is 6.54 Å². The minimum Gasteiger partial charge on any atom is -0.330 e. The summed E-state index contributed by atoms with van der Waals surface area (Å²) in [5.41, 5.74) is 11.3. The van der Waals surface area contributed by atoms with E-state index in [1.807, 2.05) is 21.6 Å². The van der Waals surface area contributed by atoms with Crippen LogP contribution in [0, 0.1) is 0 Å². The third-order valence-electron chi connectivity index (χ3n) is 1.76. The quantitative estimate of drug-likeness (QED) is 0.381. The summed E-state index contributed by atoms with van der Waals surface area (Å²) in [6, 6.07) is 0.411. The molecule has 0 aromatic heterocycles. The molecule has 4 heteroatoms. The molecule has 1 fully saturated rings. The summed E-state index contributed by atoms with van der Waals surface area (Å²) in [6.07, 6.45) is 4.65. The summed E-state index contributed by atoms with van der Waals surface area (Å²) >= 11 is 0. The van der Waals surface area contributed by atoms with Crippen LogP contribution in [-0.4, -0.2) is 17.2 Å². The Balaban J connectivity index is 1.87. The van der Waals surface area contributed by atoms with E-state index in [4.69, 9.17) is 11.5 Å². The van der Waals surface area contributed by atoms with Crippen LogP contribution in [0.1, 0.15) is 25.7 Å². The van der Waals surface area contributed by atoms with E-state index in [0.29, 0.717) is 6.04 Å². The second-order valence-electron chi connectivity index (χ2n) is 2.90. The van der Waals surface area contributed by atoms with E-state index < -0.39 is 0 Å². The molecule has 0 amide bonds. The monoisotopic (exact) mass is 192 g/mol. The molecule has 1 rings (SSSR count). The van der Waals surface area contributed by atoms with Gasteiger partial charge in [-0.25, -0.2) is 0 Å². The van der Waals surface area contributed by atoms with Crippen molar-refractivity contribution in [3.8, 4) is 0 Å². The zero-order valence-corrected chi connectivity index (χ0v) is 8.29. The SMILES string of the molecule is NCCCCC(N)CC1SS1. The molecule has 0 bridgehead atoms. The lowest BCUT2D eigenvalue weighted by atomic mass is 10.1. The van der Waals surface area contributed by atoms with E-state index in [1.165, 1.54) is 12.8 Å².